The molecule has 0 fully saturated rings. The molecule has 8 heteroatoms. The Balaban J connectivity index is 1.62. The van der Waals surface area contributed by atoms with Crippen LogP contribution in [0.4, 0.5) is 11.4 Å². The highest BCUT2D eigenvalue weighted by Gasteiger charge is 2.32. The van der Waals surface area contributed by atoms with Gasteiger partial charge in [0.1, 0.15) is 0 Å². The second kappa shape index (κ2) is 8.47. The number of rotatable bonds is 5. The van der Waals surface area contributed by atoms with Gasteiger partial charge in [0.25, 0.3) is 11.8 Å². The highest BCUT2D eigenvalue weighted by molar-refractivity contribution is 6.14. The normalized spacial score (nSPS) is 12.5. The molecule has 1 aliphatic heterocycles. The van der Waals surface area contributed by atoms with Crippen LogP contribution in [-0.4, -0.2) is 33.0 Å². The van der Waals surface area contributed by atoms with E-state index in [-0.39, 0.29) is 18.4 Å². The number of fused-ring (bicyclic) bond motifs is 2. The topological polar surface area (TPSA) is 117 Å². The van der Waals surface area contributed by atoms with Crippen LogP contribution in [0.25, 0.3) is 22.0 Å². The van der Waals surface area contributed by atoms with Crippen LogP contribution in [-0.2, 0) is 13.6 Å². The molecule has 172 valence electrons. The van der Waals surface area contributed by atoms with Gasteiger partial charge in [-0.3, -0.25) is 14.3 Å². The van der Waals surface area contributed by atoms with Crippen LogP contribution >= 0.6 is 0 Å². The summed E-state index contributed by atoms with van der Waals surface area (Å²) in [7, 11) is 1.82. The van der Waals surface area contributed by atoms with Crippen LogP contribution in [0.15, 0.2) is 72.9 Å². The number of nitrogens with zero attached hydrogens (tertiary/aromatic N) is 4. The average Bonchev–Trinajstić information content (AvgIpc) is 3.39. The minimum Gasteiger partial charge on any atom is -0.398 e. The van der Waals surface area contributed by atoms with Crippen LogP contribution in [0, 0.1) is 11.3 Å². The molecule has 0 aliphatic carbocycles. The summed E-state index contributed by atoms with van der Waals surface area (Å²) in [6.07, 6.45) is 1.67. The van der Waals surface area contributed by atoms with Crippen molar-refractivity contribution in [1.82, 2.24) is 14.7 Å². The average molecular weight is 463 g/mol. The van der Waals surface area contributed by atoms with Crippen molar-refractivity contribution in [2.45, 2.75) is 6.54 Å². The Morgan fingerprint density at radius 2 is 2.00 bits per heavy atom. The third-order valence-electron chi connectivity index (χ3n) is 6.19. The number of para-hydroxylation sites is 1. The molecular formula is C27H22N6O2. The van der Waals surface area contributed by atoms with E-state index in [2.05, 4.69) is 17.0 Å². The number of carbonyl (C=O) groups excluding carboxylic acids is 2. The van der Waals surface area contributed by atoms with E-state index >= 15 is 0 Å². The van der Waals surface area contributed by atoms with Crippen LogP contribution in [0.5, 0.6) is 0 Å². The van der Waals surface area contributed by atoms with Crippen molar-refractivity contribution in [1.29, 1.82) is 5.26 Å². The molecule has 2 heterocycles. The van der Waals surface area contributed by atoms with Gasteiger partial charge in [0, 0.05) is 35.9 Å². The molecule has 0 saturated carbocycles. The van der Waals surface area contributed by atoms with E-state index < -0.39 is 0 Å². The van der Waals surface area contributed by atoms with Gasteiger partial charge in [-0.1, -0.05) is 30.8 Å². The number of hydrogen-bond donors (Lipinski definition) is 2. The van der Waals surface area contributed by atoms with Gasteiger partial charge in [-0.2, -0.15) is 10.4 Å². The lowest BCUT2D eigenvalue weighted by Crippen LogP contribution is -2.26. The lowest BCUT2D eigenvalue weighted by Gasteiger charge is -2.14. The van der Waals surface area contributed by atoms with Gasteiger partial charge in [-0.15, -0.1) is 0 Å². The fourth-order valence-corrected chi connectivity index (χ4v) is 4.48. The SMILES string of the molecule is C=C(C#N)CN1Cc2c(-c3cc(C(=O)Nc4ccccc4)c4cnn(C)c4c3)ccc(N)c2C1=O. The van der Waals surface area contributed by atoms with E-state index in [1.807, 2.05) is 61.6 Å². The quantitative estimate of drug-likeness (QED) is 0.342. The third kappa shape index (κ3) is 3.79. The highest BCUT2D eigenvalue weighted by atomic mass is 16.2. The first-order chi connectivity index (χ1) is 16.9. The summed E-state index contributed by atoms with van der Waals surface area (Å²) < 4.78 is 1.71. The summed E-state index contributed by atoms with van der Waals surface area (Å²) in [6, 6.07) is 18.6. The maximum Gasteiger partial charge on any atom is 0.256 e. The van der Waals surface area contributed by atoms with E-state index in [1.165, 1.54) is 0 Å². The van der Waals surface area contributed by atoms with Gasteiger partial charge >= 0.3 is 0 Å². The fraction of sp³-hybridized carbons (Fsp3) is 0.111. The number of hydrogen-bond acceptors (Lipinski definition) is 5. The Morgan fingerprint density at radius 1 is 1.23 bits per heavy atom. The zero-order chi connectivity index (χ0) is 24.7. The molecule has 4 aromatic rings. The van der Waals surface area contributed by atoms with E-state index in [4.69, 9.17) is 11.0 Å². The van der Waals surface area contributed by atoms with E-state index in [0.29, 0.717) is 34.6 Å². The standard InChI is InChI=1S/C27H22N6O2/c1-16(12-28)14-33-15-22-19(8-9-23(29)25(22)27(33)35)17-10-20(21-13-30-32(2)24(21)11-17)26(34)31-18-6-4-3-5-7-18/h3-11,13H,1,14-15,29H2,2H3,(H,31,34). The Morgan fingerprint density at radius 3 is 2.74 bits per heavy atom. The number of nitriles is 1. The van der Waals surface area contributed by atoms with Gasteiger partial charge in [0.05, 0.1) is 35.5 Å². The smallest absolute Gasteiger partial charge is 0.256 e. The molecule has 35 heavy (non-hydrogen) atoms. The van der Waals surface area contributed by atoms with Gasteiger partial charge in [0.15, 0.2) is 0 Å². The molecule has 3 N–H and O–H groups in total. The predicted molar refractivity (Wildman–Crippen MR) is 134 cm³/mol. The van der Waals surface area contributed by atoms with Crippen molar-refractivity contribution in [2.24, 2.45) is 7.05 Å². The monoisotopic (exact) mass is 462 g/mol. The first kappa shape index (κ1) is 21.9. The Bertz CT molecular complexity index is 1560. The number of nitrogens with two attached hydrogens (primary N) is 1. The summed E-state index contributed by atoms with van der Waals surface area (Å²) >= 11 is 0. The van der Waals surface area contributed by atoms with E-state index in [1.54, 1.807) is 21.8 Å². The molecule has 8 nitrogen and oxygen atoms in total. The number of benzene rings is 3. The van der Waals surface area contributed by atoms with E-state index in [9.17, 15) is 9.59 Å². The van der Waals surface area contributed by atoms with Crippen molar-refractivity contribution < 1.29 is 9.59 Å². The molecule has 0 radical (unpaired) electrons. The minimum atomic E-state index is -0.258. The summed E-state index contributed by atoms with van der Waals surface area (Å²) in [6.45, 7) is 4.13. The number of amides is 2. The largest absolute Gasteiger partial charge is 0.398 e. The molecule has 1 aromatic heterocycles. The van der Waals surface area contributed by atoms with Crippen molar-refractivity contribution >= 4 is 34.1 Å². The molecule has 0 saturated heterocycles. The molecule has 0 atom stereocenters. The zero-order valence-corrected chi connectivity index (χ0v) is 19.1. The maximum absolute atomic E-state index is 13.3. The van der Waals surface area contributed by atoms with Gasteiger partial charge in [-0.25, -0.2) is 0 Å². The van der Waals surface area contributed by atoms with Crippen molar-refractivity contribution in [3.05, 3.63) is 89.6 Å². The summed E-state index contributed by atoms with van der Waals surface area (Å²) in [5.74, 6) is -0.495. The van der Waals surface area contributed by atoms with Crippen LogP contribution < -0.4 is 11.1 Å². The molecule has 0 spiro atoms. The molecule has 0 unspecified atom stereocenters. The highest BCUT2D eigenvalue weighted by Crippen LogP contribution is 2.38. The molecule has 1 aliphatic rings. The second-order valence-corrected chi connectivity index (χ2v) is 8.48. The molecule has 5 rings (SSSR count). The summed E-state index contributed by atoms with van der Waals surface area (Å²) in [5, 5.41) is 17.1. The fourth-order valence-electron chi connectivity index (χ4n) is 4.48. The van der Waals surface area contributed by atoms with Crippen LogP contribution in [0.3, 0.4) is 0 Å². The van der Waals surface area contributed by atoms with Crippen LogP contribution in [0.1, 0.15) is 26.3 Å². The second-order valence-electron chi connectivity index (χ2n) is 8.48. The number of anilines is 2. The van der Waals surface area contributed by atoms with Crippen molar-refractivity contribution in [3.8, 4) is 17.2 Å². The van der Waals surface area contributed by atoms with Gasteiger partial charge < -0.3 is 16.0 Å². The maximum atomic E-state index is 13.3. The molecule has 2 amide bonds. The number of carbonyl (C=O) groups is 2. The summed E-state index contributed by atoms with van der Waals surface area (Å²) in [4.78, 5) is 27.9. The molecule has 0 bridgehead atoms. The number of aryl methyl sites for hydroxylation is 1. The minimum absolute atomic E-state index is 0.133. The van der Waals surface area contributed by atoms with Crippen LogP contribution in [0.2, 0.25) is 0 Å². The third-order valence-corrected chi connectivity index (χ3v) is 6.19. The summed E-state index contributed by atoms with van der Waals surface area (Å²) in [5.41, 5.74) is 11.5. The van der Waals surface area contributed by atoms with Crippen molar-refractivity contribution in [2.75, 3.05) is 17.6 Å². The Kier molecular flexibility index (Phi) is 5.30. The Hall–Kier alpha value is -4.90. The number of aromatic nitrogens is 2. The molecular weight excluding hydrogens is 440 g/mol. The number of nitrogens with one attached hydrogen (secondary N) is 1. The predicted octanol–water partition coefficient (Wildman–Crippen LogP) is 4.11. The van der Waals surface area contributed by atoms with Crippen molar-refractivity contribution in [3.63, 3.8) is 0 Å². The van der Waals surface area contributed by atoms with Gasteiger partial charge in [0.2, 0.25) is 0 Å². The first-order valence-electron chi connectivity index (χ1n) is 11.0. The Labute approximate surface area is 201 Å². The first-order valence-corrected chi connectivity index (χ1v) is 11.0. The number of nitrogen functional groups attached to an aromatic ring is 1. The lowest BCUT2D eigenvalue weighted by molar-refractivity contribution is 0.0794. The molecule has 3 aromatic carbocycles. The zero-order valence-electron chi connectivity index (χ0n) is 19.1. The lowest BCUT2D eigenvalue weighted by atomic mass is 9.93. The van der Waals surface area contributed by atoms with E-state index in [0.717, 1.165) is 27.6 Å². The van der Waals surface area contributed by atoms with Gasteiger partial charge in [-0.05, 0) is 47.0 Å².